The number of piperidine rings is 1. The Hall–Kier alpha value is -2.57. The summed E-state index contributed by atoms with van der Waals surface area (Å²) in [6, 6.07) is 14.9. The van der Waals surface area contributed by atoms with Crippen LogP contribution in [0.2, 0.25) is 0 Å². The number of hydrogen-bond donors (Lipinski definition) is 3. The summed E-state index contributed by atoms with van der Waals surface area (Å²) in [5, 5.41) is 5.77. The molecule has 1 unspecified atom stereocenters. The van der Waals surface area contributed by atoms with E-state index in [1.165, 1.54) is 0 Å². The van der Waals surface area contributed by atoms with Gasteiger partial charge in [0.2, 0.25) is 0 Å². The molecule has 4 N–H and O–H groups in total. The average Bonchev–Trinajstić information content (AvgIpc) is 2.74. The molecule has 0 bridgehead atoms. The fourth-order valence-electron chi connectivity index (χ4n) is 3.43. The van der Waals surface area contributed by atoms with Crippen molar-refractivity contribution in [3.63, 3.8) is 0 Å². The molecule has 0 radical (unpaired) electrons. The number of carbonyl (C=O) groups is 2. The zero-order valence-electron chi connectivity index (χ0n) is 16.7. The molecule has 6 nitrogen and oxygen atoms in total. The van der Waals surface area contributed by atoms with Crippen LogP contribution in [-0.2, 0) is 6.54 Å². The zero-order valence-corrected chi connectivity index (χ0v) is 17.5. The Kier molecular flexibility index (Phi) is 8.49. The molecule has 1 fully saturated rings. The molecule has 0 aromatic heterocycles. The third-order valence-corrected chi connectivity index (χ3v) is 5.10. The molecular formula is C22H29ClN4O2. The number of carbonyl (C=O) groups excluding carboxylic acids is 2. The van der Waals surface area contributed by atoms with Gasteiger partial charge in [-0.3, -0.25) is 4.79 Å². The predicted octanol–water partition coefficient (Wildman–Crippen LogP) is 3.55. The molecule has 0 aliphatic carbocycles. The summed E-state index contributed by atoms with van der Waals surface area (Å²) in [5.41, 5.74) is 9.23. The molecule has 2 aromatic carbocycles. The fourth-order valence-corrected chi connectivity index (χ4v) is 3.43. The van der Waals surface area contributed by atoms with E-state index in [2.05, 4.69) is 10.6 Å². The number of urea groups is 1. The van der Waals surface area contributed by atoms with Crippen LogP contribution >= 0.6 is 12.4 Å². The monoisotopic (exact) mass is 416 g/mol. The molecular weight excluding hydrogens is 388 g/mol. The number of hydrogen-bond acceptors (Lipinski definition) is 3. The minimum absolute atomic E-state index is 0. The molecule has 1 saturated heterocycles. The summed E-state index contributed by atoms with van der Waals surface area (Å²) in [7, 11) is 0. The maximum atomic E-state index is 12.7. The Morgan fingerprint density at radius 1 is 1.10 bits per heavy atom. The van der Waals surface area contributed by atoms with Crippen LogP contribution in [0, 0.1) is 12.8 Å². The van der Waals surface area contributed by atoms with Crippen LogP contribution < -0.4 is 16.4 Å². The van der Waals surface area contributed by atoms with E-state index in [-0.39, 0.29) is 30.3 Å². The van der Waals surface area contributed by atoms with Gasteiger partial charge in [-0.25, -0.2) is 4.79 Å². The molecule has 1 atom stereocenters. The molecule has 2 aromatic rings. The first kappa shape index (κ1) is 22.7. The molecule has 1 aliphatic rings. The summed E-state index contributed by atoms with van der Waals surface area (Å²) in [5.74, 6) is 0.294. The number of halogens is 1. The molecule has 1 aliphatic heterocycles. The number of rotatable bonds is 5. The summed E-state index contributed by atoms with van der Waals surface area (Å²) >= 11 is 0. The van der Waals surface area contributed by atoms with Crippen molar-refractivity contribution in [2.45, 2.75) is 26.3 Å². The molecule has 3 rings (SSSR count). The third-order valence-electron chi connectivity index (χ3n) is 5.10. The summed E-state index contributed by atoms with van der Waals surface area (Å²) in [6.45, 7) is 4.43. The van der Waals surface area contributed by atoms with Gasteiger partial charge in [0.05, 0.1) is 0 Å². The smallest absolute Gasteiger partial charge is 0.319 e. The van der Waals surface area contributed by atoms with Gasteiger partial charge >= 0.3 is 6.03 Å². The van der Waals surface area contributed by atoms with E-state index in [1.54, 1.807) is 0 Å². The lowest BCUT2D eigenvalue weighted by Crippen LogP contribution is -2.44. The second-order valence-electron chi connectivity index (χ2n) is 7.36. The minimum atomic E-state index is -0.218. The summed E-state index contributed by atoms with van der Waals surface area (Å²) in [4.78, 5) is 26.8. The van der Waals surface area contributed by atoms with Gasteiger partial charge in [0.15, 0.2) is 0 Å². The maximum Gasteiger partial charge on any atom is 0.319 e. The Balaban J connectivity index is 0.00000300. The van der Waals surface area contributed by atoms with Crippen molar-refractivity contribution in [3.8, 4) is 0 Å². The third kappa shape index (κ3) is 6.48. The Labute approximate surface area is 178 Å². The van der Waals surface area contributed by atoms with Crippen molar-refractivity contribution >= 4 is 30.0 Å². The van der Waals surface area contributed by atoms with Gasteiger partial charge in [-0.2, -0.15) is 0 Å². The molecule has 0 saturated carbocycles. The fraction of sp³-hybridized carbons (Fsp3) is 0.364. The largest absolute Gasteiger partial charge is 0.338 e. The number of aryl methyl sites for hydroxylation is 1. The number of nitrogens with zero attached hydrogens (tertiary/aromatic N) is 1. The summed E-state index contributed by atoms with van der Waals surface area (Å²) in [6.07, 6.45) is 1.94. The van der Waals surface area contributed by atoms with E-state index < -0.39 is 0 Å². The van der Waals surface area contributed by atoms with E-state index in [9.17, 15) is 9.59 Å². The van der Waals surface area contributed by atoms with Crippen LogP contribution in [0.3, 0.4) is 0 Å². The molecule has 1 heterocycles. The van der Waals surface area contributed by atoms with E-state index >= 15 is 0 Å². The predicted molar refractivity (Wildman–Crippen MR) is 118 cm³/mol. The highest BCUT2D eigenvalue weighted by Crippen LogP contribution is 2.18. The second kappa shape index (κ2) is 10.8. The van der Waals surface area contributed by atoms with Gasteiger partial charge in [-0.05, 0) is 55.5 Å². The first-order valence-corrected chi connectivity index (χ1v) is 9.75. The van der Waals surface area contributed by atoms with Gasteiger partial charge < -0.3 is 21.3 Å². The number of anilines is 1. The van der Waals surface area contributed by atoms with Crippen LogP contribution in [-0.4, -0.2) is 36.5 Å². The van der Waals surface area contributed by atoms with E-state index in [0.717, 1.165) is 36.2 Å². The van der Waals surface area contributed by atoms with Crippen molar-refractivity contribution in [2.24, 2.45) is 11.7 Å². The average molecular weight is 417 g/mol. The quantitative estimate of drug-likeness (QED) is 0.696. The van der Waals surface area contributed by atoms with Gasteiger partial charge in [0.1, 0.15) is 0 Å². The van der Waals surface area contributed by atoms with Crippen LogP contribution in [0.5, 0.6) is 0 Å². The van der Waals surface area contributed by atoms with E-state index in [0.29, 0.717) is 25.2 Å². The van der Waals surface area contributed by atoms with Gasteiger partial charge in [0.25, 0.3) is 5.91 Å². The molecule has 7 heteroatoms. The first-order valence-electron chi connectivity index (χ1n) is 9.75. The topological polar surface area (TPSA) is 87.5 Å². The van der Waals surface area contributed by atoms with Gasteiger partial charge in [-0.15, -0.1) is 12.4 Å². The lowest BCUT2D eigenvalue weighted by Gasteiger charge is -2.33. The molecule has 3 amide bonds. The zero-order chi connectivity index (χ0) is 19.9. The number of amides is 3. The van der Waals surface area contributed by atoms with Crippen molar-refractivity contribution in [2.75, 3.05) is 25.0 Å². The Morgan fingerprint density at radius 3 is 2.45 bits per heavy atom. The van der Waals surface area contributed by atoms with Crippen molar-refractivity contribution in [1.82, 2.24) is 10.2 Å². The Morgan fingerprint density at radius 2 is 1.79 bits per heavy atom. The number of likely N-dealkylation sites (tertiary alicyclic amines) is 1. The van der Waals surface area contributed by atoms with Crippen molar-refractivity contribution < 1.29 is 9.59 Å². The first-order chi connectivity index (χ1) is 13.5. The highest BCUT2D eigenvalue weighted by Gasteiger charge is 2.24. The number of nitrogens with two attached hydrogens (primary N) is 1. The molecule has 156 valence electrons. The minimum Gasteiger partial charge on any atom is -0.338 e. The van der Waals surface area contributed by atoms with Gasteiger partial charge in [-0.1, -0.05) is 29.8 Å². The van der Waals surface area contributed by atoms with Crippen molar-refractivity contribution in [3.05, 3.63) is 65.2 Å². The SMILES string of the molecule is Cc1ccc(NC(=O)NCC2CCCN(C(=O)c3ccc(CN)cc3)C2)cc1.Cl. The number of benzene rings is 2. The number of nitrogens with one attached hydrogen (secondary N) is 2. The van der Waals surface area contributed by atoms with Crippen LogP contribution in [0.4, 0.5) is 10.5 Å². The Bertz CT molecular complexity index is 809. The second-order valence-corrected chi connectivity index (χ2v) is 7.36. The van der Waals surface area contributed by atoms with E-state index in [1.807, 2.05) is 60.4 Å². The lowest BCUT2D eigenvalue weighted by molar-refractivity contribution is 0.0675. The normalized spacial score (nSPS) is 15.9. The maximum absolute atomic E-state index is 12.7. The highest BCUT2D eigenvalue weighted by molar-refractivity contribution is 5.94. The highest BCUT2D eigenvalue weighted by atomic mass is 35.5. The standard InChI is InChI=1S/C22H28N4O2.ClH/c1-16-4-10-20(11-5-16)25-22(28)24-14-18-3-2-12-26(15-18)21(27)19-8-6-17(13-23)7-9-19;/h4-11,18H,2-3,12-15,23H2,1H3,(H2,24,25,28);1H. The van der Waals surface area contributed by atoms with Crippen LogP contribution in [0.15, 0.2) is 48.5 Å². The lowest BCUT2D eigenvalue weighted by atomic mass is 9.97. The summed E-state index contributed by atoms with van der Waals surface area (Å²) < 4.78 is 0. The van der Waals surface area contributed by atoms with Crippen LogP contribution in [0.25, 0.3) is 0 Å². The van der Waals surface area contributed by atoms with Crippen LogP contribution in [0.1, 0.15) is 34.3 Å². The van der Waals surface area contributed by atoms with Gasteiger partial charge in [0, 0.05) is 37.4 Å². The van der Waals surface area contributed by atoms with Crippen molar-refractivity contribution in [1.29, 1.82) is 0 Å². The molecule has 0 spiro atoms. The van der Waals surface area contributed by atoms with E-state index in [4.69, 9.17) is 5.73 Å². The molecule has 29 heavy (non-hydrogen) atoms.